The number of hydrogen-bond acceptors (Lipinski definition) is 4. The van der Waals surface area contributed by atoms with Crippen molar-refractivity contribution in [2.45, 2.75) is 13.8 Å². The Hall–Kier alpha value is -5.77. The smallest absolute Gasteiger partial charge is 0.129 e. The number of benzene rings is 5. The van der Waals surface area contributed by atoms with Gasteiger partial charge in [0.25, 0.3) is 0 Å². The second-order valence-electron chi connectivity index (χ2n) is 12.4. The maximum atomic E-state index is 11.0. The third kappa shape index (κ3) is 5.22. The first kappa shape index (κ1) is 31.5. The SMILES string of the molecule is Cc1cccc(C)c1-c1cc(-c2ccccc2O)nc(-c2[c-]c(-c3nc4ccccn4c3-c3ccccc3)cc3c2oc2ccccc23)c1.[Pt]. The van der Waals surface area contributed by atoms with Gasteiger partial charge in [-0.2, -0.15) is 0 Å². The van der Waals surface area contributed by atoms with E-state index in [0.717, 1.165) is 72.3 Å². The first-order chi connectivity index (χ1) is 24.0. The summed E-state index contributed by atoms with van der Waals surface area (Å²) in [5, 5.41) is 12.9. The van der Waals surface area contributed by atoms with Crippen LogP contribution in [0.5, 0.6) is 5.75 Å². The van der Waals surface area contributed by atoms with Gasteiger partial charge in [-0.1, -0.05) is 102 Å². The summed E-state index contributed by atoms with van der Waals surface area (Å²) in [5.41, 5.74) is 13.2. The van der Waals surface area contributed by atoms with Crippen LogP contribution in [0, 0.1) is 19.9 Å². The summed E-state index contributed by atoms with van der Waals surface area (Å²) < 4.78 is 8.75. The third-order valence-corrected chi connectivity index (χ3v) is 9.27. The zero-order valence-corrected chi connectivity index (χ0v) is 29.6. The van der Waals surface area contributed by atoms with Crippen LogP contribution in [-0.4, -0.2) is 19.5 Å². The van der Waals surface area contributed by atoms with Gasteiger partial charge in [0.15, 0.2) is 0 Å². The number of phenolic OH excluding ortho intramolecular Hbond substituents is 1. The van der Waals surface area contributed by atoms with E-state index in [2.05, 4.69) is 85.1 Å². The van der Waals surface area contributed by atoms with Crippen LogP contribution in [0.25, 0.3) is 83.7 Å². The maximum Gasteiger partial charge on any atom is 0.129 e. The molecule has 0 bridgehead atoms. The van der Waals surface area contributed by atoms with E-state index in [0.29, 0.717) is 22.5 Å². The zero-order valence-electron chi connectivity index (χ0n) is 27.3. The topological polar surface area (TPSA) is 63.6 Å². The molecule has 5 nitrogen and oxygen atoms in total. The Morgan fingerprint density at radius 2 is 1.38 bits per heavy atom. The largest absolute Gasteiger partial charge is 0.507 e. The molecule has 0 saturated carbocycles. The monoisotopic (exact) mass is 827 g/mol. The quantitative estimate of drug-likeness (QED) is 0.176. The molecule has 0 aliphatic carbocycles. The fourth-order valence-corrected chi connectivity index (χ4v) is 7.03. The summed E-state index contributed by atoms with van der Waals surface area (Å²) in [5.74, 6) is 0.170. The van der Waals surface area contributed by atoms with Gasteiger partial charge in [-0.05, 0) is 83.4 Å². The van der Waals surface area contributed by atoms with Gasteiger partial charge in [0, 0.05) is 55.3 Å². The number of furan rings is 1. The fraction of sp³-hybridized carbons (Fsp3) is 0.0455. The van der Waals surface area contributed by atoms with Crippen molar-refractivity contribution in [3.63, 3.8) is 0 Å². The van der Waals surface area contributed by atoms with Gasteiger partial charge in [0.2, 0.25) is 0 Å². The number of aromatic hydroxyl groups is 1. The van der Waals surface area contributed by atoms with E-state index in [1.165, 1.54) is 0 Å². The minimum Gasteiger partial charge on any atom is -0.507 e. The average Bonchev–Trinajstić information content (AvgIpc) is 3.71. The number of hydrogen-bond donors (Lipinski definition) is 1. The van der Waals surface area contributed by atoms with Crippen molar-refractivity contribution in [2.75, 3.05) is 0 Å². The molecule has 9 aromatic rings. The number of nitrogens with zero attached hydrogens (tertiary/aromatic N) is 3. The van der Waals surface area contributed by atoms with E-state index >= 15 is 0 Å². The van der Waals surface area contributed by atoms with Gasteiger partial charge in [-0.3, -0.25) is 9.97 Å². The summed E-state index contributed by atoms with van der Waals surface area (Å²) >= 11 is 0. The van der Waals surface area contributed by atoms with Crippen LogP contribution in [-0.2, 0) is 21.1 Å². The molecule has 0 fully saturated rings. The van der Waals surface area contributed by atoms with Crippen LogP contribution in [0.1, 0.15) is 11.1 Å². The molecular weight excluding hydrogens is 798 g/mol. The van der Waals surface area contributed by atoms with Crippen molar-refractivity contribution in [2.24, 2.45) is 0 Å². The van der Waals surface area contributed by atoms with E-state index in [1.54, 1.807) is 6.07 Å². The van der Waals surface area contributed by atoms with Crippen molar-refractivity contribution >= 4 is 27.6 Å². The standard InChI is InChI=1S/C44H30N3O2.Pt/c1-27-13-12-14-28(2)41(27)30-25-36(33-18-6-8-19-38(33)48)45-37(26-30)35-24-31(23-34-32-17-7-9-20-39(32)49-44(34)35)42-43(29-15-4-3-5-16-29)47-22-11-10-21-40(47)46-42;/h3-23,25-26,48H,1-2H3;/q-1;. The molecular formula is C44H30N3O2Pt-. The van der Waals surface area contributed by atoms with Gasteiger partial charge >= 0.3 is 0 Å². The number of fused-ring (bicyclic) bond motifs is 4. The number of aryl methyl sites for hydroxylation is 2. The Labute approximate surface area is 303 Å². The van der Waals surface area contributed by atoms with Gasteiger partial charge in [-0.25, -0.2) is 0 Å². The second kappa shape index (κ2) is 12.6. The first-order valence-corrected chi connectivity index (χ1v) is 16.3. The van der Waals surface area contributed by atoms with Gasteiger partial charge in [0.05, 0.1) is 11.3 Å². The molecule has 244 valence electrons. The second-order valence-corrected chi connectivity index (χ2v) is 12.4. The Morgan fingerprint density at radius 3 is 2.20 bits per heavy atom. The first-order valence-electron chi connectivity index (χ1n) is 16.3. The molecule has 9 rings (SSSR count). The Balaban J connectivity index is 0.00000361. The summed E-state index contributed by atoms with van der Waals surface area (Å²) in [4.78, 5) is 10.4. The average molecular weight is 828 g/mol. The summed E-state index contributed by atoms with van der Waals surface area (Å²) in [6.07, 6.45) is 2.05. The van der Waals surface area contributed by atoms with Crippen molar-refractivity contribution in [3.05, 3.63) is 157 Å². The van der Waals surface area contributed by atoms with E-state index < -0.39 is 0 Å². The molecule has 0 saturated heterocycles. The Kier molecular flexibility index (Phi) is 7.93. The molecule has 0 atom stereocenters. The van der Waals surface area contributed by atoms with E-state index in [-0.39, 0.29) is 26.8 Å². The number of imidazole rings is 1. The number of pyridine rings is 2. The minimum atomic E-state index is 0. The number of aromatic nitrogens is 3. The Morgan fingerprint density at radius 1 is 0.660 bits per heavy atom. The molecule has 0 unspecified atom stereocenters. The van der Waals surface area contributed by atoms with Crippen LogP contribution in [0.4, 0.5) is 0 Å². The van der Waals surface area contributed by atoms with Crippen molar-refractivity contribution in [1.82, 2.24) is 14.4 Å². The summed E-state index contributed by atoms with van der Waals surface area (Å²) in [7, 11) is 0. The van der Waals surface area contributed by atoms with E-state index in [1.807, 2.05) is 72.8 Å². The molecule has 0 amide bonds. The van der Waals surface area contributed by atoms with Crippen molar-refractivity contribution < 1.29 is 30.6 Å². The maximum absolute atomic E-state index is 11.0. The normalized spacial score (nSPS) is 11.3. The van der Waals surface area contributed by atoms with Crippen molar-refractivity contribution in [3.8, 4) is 61.9 Å². The molecule has 6 heteroatoms. The predicted octanol–water partition coefficient (Wildman–Crippen LogP) is 11.1. The Bertz CT molecular complexity index is 2690. The van der Waals surface area contributed by atoms with Crippen LogP contribution in [0.2, 0.25) is 0 Å². The fourth-order valence-electron chi connectivity index (χ4n) is 7.03. The van der Waals surface area contributed by atoms with Gasteiger partial charge in [-0.15, -0.1) is 12.1 Å². The molecule has 4 heterocycles. The number of phenols is 1. The predicted molar refractivity (Wildman–Crippen MR) is 197 cm³/mol. The minimum absolute atomic E-state index is 0. The molecule has 0 aliphatic rings. The molecule has 4 aromatic heterocycles. The molecule has 1 N–H and O–H groups in total. The van der Waals surface area contributed by atoms with Gasteiger partial charge < -0.3 is 13.9 Å². The van der Waals surface area contributed by atoms with E-state index in [4.69, 9.17) is 14.4 Å². The zero-order chi connectivity index (χ0) is 33.1. The van der Waals surface area contributed by atoms with Crippen LogP contribution in [0.15, 0.2) is 144 Å². The van der Waals surface area contributed by atoms with Crippen molar-refractivity contribution in [1.29, 1.82) is 0 Å². The van der Waals surface area contributed by atoms with Gasteiger partial charge in [0.1, 0.15) is 17.0 Å². The molecule has 5 aromatic carbocycles. The molecule has 0 aliphatic heterocycles. The number of para-hydroxylation sites is 2. The summed E-state index contributed by atoms with van der Waals surface area (Å²) in [6, 6.07) is 48.2. The summed E-state index contributed by atoms with van der Waals surface area (Å²) in [6.45, 7) is 4.25. The van der Waals surface area contributed by atoms with Crippen LogP contribution < -0.4 is 0 Å². The van der Waals surface area contributed by atoms with Crippen LogP contribution in [0.3, 0.4) is 0 Å². The molecule has 0 radical (unpaired) electrons. The van der Waals surface area contributed by atoms with E-state index in [9.17, 15) is 5.11 Å². The molecule has 50 heavy (non-hydrogen) atoms. The molecule has 0 spiro atoms. The third-order valence-electron chi connectivity index (χ3n) is 9.27. The number of rotatable bonds is 5. The van der Waals surface area contributed by atoms with Crippen LogP contribution >= 0.6 is 0 Å².